The summed E-state index contributed by atoms with van der Waals surface area (Å²) in [4.78, 5) is 27.7. The molecule has 0 spiro atoms. The van der Waals surface area contributed by atoms with Crippen molar-refractivity contribution in [2.75, 3.05) is 19.8 Å². The molecule has 7 heteroatoms. The molecule has 34 heavy (non-hydrogen) atoms. The summed E-state index contributed by atoms with van der Waals surface area (Å²) in [6.45, 7) is 7.21. The molecule has 1 aliphatic carbocycles. The number of rotatable bonds is 1. The van der Waals surface area contributed by atoms with Crippen molar-refractivity contribution in [3.8, 4) is 5.75 Å². The first kappa shape index (κ1) is 24.8. The number of nitrogens with zero attached hydrogens (tertiary/aromatic N) is 1. The molecule has 2 amide bonds. The fourth-order valence-corrected chi connectivity index (χ4v) is 5.47. The molecule has 1 N–H and O–H groups in total. The van der Waals surface area contributed by atoms with Crippen LogP contribution in [0.1, 0.15) is 83.6 Å². The summed E-state index contributed by atoms with van der Waals surface area (Å²) in [6.07, 6.45) is 6.59. The topological polar surface area (TPSA) is 77.1 Å². The van der Waals surface area contributed by atoms with E-state index >= 15 is 0 Å². The molecule has 1 saturated heterocycles. The molecule has 0 aromatic heterocycles. The number of benzene rings is 1. The van der Waals surface area contributed by atoms with Crippen molar-refractivity contribution < 1.29 is 23.8 Å². The van der Waals surface area contributed by atoms with Gasteiger partial charge in [0.2, 0.25) is 5.91 Å². The molecule has 3 heterocycles. The second-order valence-corrected chi connectivity index (χ2v) is 10.8. The number of carbonyl (C=O) groups excluding carboxylic acids is 2. The van der Waals surface area contributed by atoms with Gasteiger partial charge in [0.25, 0.3) is 0 Å². The zero-order valence-electron chi connectivity index (χ0n) is 20.9. The molecular weight excluding hydrogens is 432 g/mol. The highest BCUT2D eigenvalue weighted by Gasteiger charge is 2.37. The zero-order chi connectivity index (χ0) is 24.1. The maximum absolute atomic E-state index is 13.2. The number of fused-ring (bicyclic) bond motifs is 7. The van der Waals surface area contributed by atoms with E-state index in [1.54, 1.807) is 0 Å². The summed E-state index contributed by atoms with van der Waals surface area (Å²) in [6, 6.07) is 7.96. The third kappa shape index (κ3) is 6.44. The van der Waals surface area contributed by atoms with E-state index in [4.69, 9.17) is 14.2 Å². The molecule has 2 atom stereocenters. The van der Waals surface area contributed by atoms with Crippen LogP contribution < -0.4 is 10.1 Å². The van der Waals surface area contributed by atoms with E-state index in [0.717, 1.165) is 44.3 Å². The number of nitrogens with one attached hydrogen (secondary N) is 1. The highest BCUT2D eigenvalue weighted by molar-refractivity contribution is 5.77. The Morgan fingerprint density at radius 2 is 1.85 bits per heavy atom. The van der Waals surface area contributed by atoms with Gasteiger partial charge in [-0.3, -0.25) is 4.79 Å². The third-order valence-electron chi connectivity index (χ3n) is 7.13. The van der Waals surface area contributed by atoms with Crippen LogP contribution in [0.2, 0.25) is 0 Å². The van der Waals surface area contributed by atoms with Crippen molar-refractivity contribution in [1.29, 1.82) is 0 Å². The van der Waals surface area contributed by atoms with Gasteiger partial charge in [-0.25, -0.2) is 4.79 Å². The number of amides is 2. The lowest BCUT2D eigenvalue weighted by molar-refractivity contribution is -0.139. The van der Waals surface area contributed by atoms with E-state index in [0.29, 0.717) is 38.5 Å². The monoisotopic (exact) mass is 472 g/mol. The molecule has 2 fully saturated rings. The van der Waals surface area contributed by atoms with Crippen molar-refractivity contribution in [2.24, 2.45) is 0 Å². The number of para-hydroxylation sites is 1. The Labute approximate surface area is 203 Å². The molecule has 5 rings (SSSR count). The second kappa shape index (κ2) is 11.0. The van der Waals surface area contributed by atoms with Gasteiger partial charge in [-0.15, -0.1) is 0 Å². The summed E-state index contributed by atoms with van der Waals surface area (Å²) in [5.41, 5.74) is 0.712. The number of carbonyl (C=O) groups is 2. The van der Waals surface area contributed by atoms with Gasteiger partial charge in [-0.1, -0.05) is 18.2 Å². The summed E-state index contributed by atoms with van der Waals surface area (Å²) >= 11 is 0. The Hall–Kier alpha value is -2.28. The van der Waals surface area contributed by atoms with Gasteiger partial charge in [0.1, 0.15) is 11.4 Å². The molecule has 1 aromatic rings. The SMILES string of the molecule is CC(C)(C)OC(=O)NC1CCCN2C(=O)CCCOc3ccccc3[C@H]3CC[C@H](CC3)OCC12. The lowest BCUT2D eigenvalue weighted by Crippen LogP contribution is -2.59. The molecule has 1 saturated carbocycles. The molecule has 188 valence electrons. The van der Waals surface area contributed by atoms with Crippen LogP contribution in [0.5, 0.6) is 5.75 Å². The highest BCUT2D eigenvalue weighted by atomic mass is 16.6. The second-order valence-electron chi connectivity index (χ2n) is 10.8. The fraction of sp³-hybridized carbons (Fsp3) is 0.704. The van der Waals surface area contributed by atoms with Crippen LogP contribution >= 0.6 is 0 Å². The fourth-order valence-electron chi connectivity index (χ4n) is 5.47. The Bertz CT molecular complexity index is 844. The summed E-state index contributed by atoms with van der Waals surface area (Å²) in [7, 11) is 0. The minimum Gasteiger partial charge on any atom is -0.493 e. The van der Waals surface area contributed by atoms with E-state index in [9.17, 15) is 9.59 Å². The molecule has 7 nitrogen and oxygen atoms in total. The van der Waals surface area contributed by atoms with Gasteiger partial charge in [-0.2, -0.15) is 0 Å². The van der Waals surface area contributed by atoms with Gasteiger partial charge in [-0.05, 0) is 83.3 Å². The summed E-state index contributed by atoms with van der Waals surface area (Å²) in [5, 5.41) is 3.03. The Morgan fingerprint density at radius 3 is 2.62 bits per heavy atom. The Balaban J connectivity index is 1.49. The van der Waals surface area contributed by atoms with Gasteiger partial charge in [0.05, 0.1) is 31.4 Å². The van der Waals surface area contributed by atoms with Crippen LogP contribution in [0, 0.1) is 0 Å². The van der Waals surface area contributed by atoms with Crippen LogP contribution in [0.4, 0.5) is 4.79 Å². The number of alkyl carbamates (subject to hydrolysis) is 1. The largest absolute Gasteiger partial charge is 0.493 e. The van der Waals surface area contributed by atoms with E-state index in [1.165, 1.54) is 5.56 Å². The predicted octanol–water partition coefficient (Wildman–Crippen LogP) is 4.79. The Kier molecular flexibility index (Phi) is 8.02. The first-order valence-corrected chi connectivity index (χ1v) is 12.9. The van der Waals surface area contributed by atoms with E-state index in [-0.39, 0.29) is 24.1 Å². The predicted molar refractivity (Wildman–Crippen MR) is 130 cm³/mol. The van der Waals surface area contributed by atoms with Crippen LogP contribution in [-0.4, -0.2) is 60.4 Å². The van der Waals surface area contributed by atoms with E-state index in [1.807, 2.05) is 37.8 Å². The molecule has 3 aliphatic heterocycles. The number of hydrogen-bond donors (Lipinski definition) is 1. The van der Waals surface area contributed by atoms with Crippen molar-refractivity contribution in [1.82, 2.24) is 10.2 Å². The summed E-state index contributed by atoms with van der Waals surface area (Å²) < 4.78 is 18.0. The van der Waals surface area contributed by atoms with Crippen molar-refractivity contribution >= 4 is 12.0 Å². The molecule has 4 aliphatic rings. The average molecular weight is 473 g/mol. The highest BCUT2D eigenvalue weighted by Crippen LogP contribution is 2.38. The quantitative estimate of drug-likeness (QED) is 0.636. The molecule has 1 aromatic carbocycles. The lowest BCUT2D eigenvalue weighted by Gasteiger charge is -2.42. The van der Waals surface area contributed by atoms with Crippen molar-refractivity contribution in [3.63, 3.8) is 0 Å². The smallest absolute Gasteiger partial charge is 0.407 e. The van der Waals surface area contributed by atoms with Crippen LogP contribution in [0.25, 0.3) is 0 Å². The van der Waals surface area contributed by atoms with Crippen molar-refractivity contribution in [3.05, 3.63) is 29.8 Å². The normalized spacial score (nSPS) is 28.6. The molecule has 2 bridgehead atoms. The van der Waals surface area contributed by atoms with E-state index in [2.05, 4.69) is 17.4 Å². The molecule has 0 radical (unpaired) electrons. The number of ether oxygens (including phenoxy) is 3. The van der Waals surface area contributed by atoms with E-state index < -0.39 is 11.7 Å². The first-order chi connectivity index (χ1) is 16.3. The molecule has 2 unspecified atom stereocenters. The maximum Gasteiger partial charge on any atom is 0.407 e. The van der Waals surface area contributed by atoms with Crippen molar-refractivity contribution in [2.45, 2.75) is 102 Å². The summed E-state index contributed by atoms with van der Waals surface area (Å²) in [5.74, 6) is 1.53. The zero-order valence-corrected chi connectivity index (χ0v) is 20.9. The van der Waals surface area contributed by atoms with Gasteiger partial charge in [0.15, 0.2) is 0 Å². The Morgan fingerprint density at radius 1 is 1.09 bits per heavy atom. The minimum atomic E-state index is -0.567. The van der Waals surface area contributed by atoms with Crippen LogP contribution in [0.3, 0.4) is 0 Å². The average Bonchev–Trinajstić information content (AvgIpc) is 2.80. The number of hydrogen-bond acceptors (Lipinski definition) is 5. The lowest BCUT2D eigenvalue weighted by atomic mass is 9.82. The minimum absolute atomic E-state index is 0.0975. The first-order valence-electron chi connectivity index (χ1n) is 12.9. The van der Waals surface area contributed by atoms with Gasteiger partial charge in [0, 0.05) is 13.0 Å². The van der Waals surface area contributed by atoms with Crippen LogP contribution in [-0.2, 0) is 14.3 Å². The van der Waals surface area contributed by atoms with Gasteiger partial charge < -0.3 is 24.4 Å². The molecular formula is C27H40N2O5. The maximum atomic E-state index is 13.2. The standard InChI is InChI=1S/C27H40N2O5/c1-27(2,3)34-26(31)28-22-9-6-16-29-23(22)18-33-20-14-12-19(13-15-20)21-8-4-5-10-24(21)32-17-7-11-25(29)30/h4-5,8,10,19-20,22-23H,6-7,9,11-18H2,1-3H3,(H,28,31)/t19-,20+,22?,23?. The number of piperidine rings is 1. The van der Waals surface area contributed by atoms with Crippen LogP contribution in [0.15, 0.2) is 24.3 Å². The van der Waals surface area contributed by atoms with Gasteiger partial charge >= 0.3 is 6.09 Å². The third-order valence-corrected chi connectivity index (χ3v) is 7.13.